The van der Waals surface area contributed by atoms with E-state index in [-0.39, 0.29) is 25.6 Å². The number of fused-ring (bicyclic) bond motifs is 3. The van der Waals surface area contributed by atoms with E-state index in [2.05, 4.69) is 22.8 Å². The first-order valence-electron chi connectivity index (χ1n) is 9.69. The Bertz CT molecular complexity index is 1050. The molecular weight excluding hydrogens is 402 g/mol. The minimum Gasteiger partial charge on any atom is -0.492 e. The van der Waals surface area contributed by atoms with Crippen molar-refractivity contribution in [3.8, 4) is 22.9 Å². The maximum absolute atomic E-state index is 12.1. The smallest absolute Gasteiger partial charge is 0.432 e. The summed E-state index contributed by atoms with van der Waals surface area (Å²) in [5.41, 5.74) is 4.54. The maximum Gasteiger partial charge on any atom is 0.432 e. The third-order valence-corrected chi connectivity index (χ3v) is 4.98. The minimum atomic E-state index is -0.906. The van der Waals surface area contributed by atoms with Gasteiger partial charge in [0.15, 0.2) is 0 Å². The van der Waals surface area contributed by atoms with Gasteiger partial charge in [-0.2, -0.15) is 0 Å². The fraction of sp³-hybridized carbons (Fsp3) is 0.182. The van der Waals surface area contributed by atoms with Crippen LogP contribution in [0.1, 0.15) is 17.0 Å². The summed E-state index contributed by atoms with van der Waals surface area (Å²) in [4.78, 5) is 28.5. The molecule has 1 aliphatic carbocycles. The number of nitrogens with zero attached hydrogens (tertiary/aromatic N) is 1. The zero-order valence-corrected chi connectivity index (χ0v) is 16.4. The van der Waals surface area contributed by atoms with Crippen molar-refractivity contribution >= 4 is 12.2 Å². The monoisotopic (exact) mass is 423 g/mol. The summed E-state index contributed by atoms with van der Waals surface area (Å²) in [6, 6.07) is 18.5. The minimum absolute atomic E-state index is 0.0341. The van der Waals surface area contributed by atoms with Crippen molar-refractivity contribution in [1.82, 2.24) is 15.4 Å². The predicted molar refractivity (Wildman–Crippen MR) is 111 cm³/mol. The summed E-state index contributed by atoms with van der Waals surface area (Å²) < 4.78 is 5.96. The van der Waals surface area contributed by atoms with Crippen molar-refractivity contribution in [2.24, 2.45) is 0 Å². The molecule has 3 aromatic rings. The first kappa shape index (κ1) is 20.1. The Kier molecular flexibility index (Phi) is 5.65. The summed E-state index contributed by atoms with van der Waals surface area (Å²) in [5, 5.41) is 23.8. The summed E-state index contributed by atoms with van der Waals surface area (Å²) in [5.74, 6) is -0.887. The number of carbonyl (C=O) groups excluding carboxylic acids is 2. The van der Waals surface area contributed by atoms with Gasteiger partial charge in [-0.05, 0) is 22.3 Å². The topological polar surface area (TPSA) is 122 Å². The van der Waals surface area contributed by atoms with Crippen molar-refractivity contribution in [1.29, 1.82) is 0 Å². The van der Waals surface area contributed by atoms with Crippen LogP contribution in [0.25, 0.3) is 11.1 Å². The number of benzene rings is 2. The SMILES string of the molecule is O=C(NCCNC(=O)On1c(O)ccc1O)OCC1c2ccccc2-c2ccccc21. The standard InChI is InChI=1S/C22H21N3O6/c26-19-9-10-20(27)25(19)31-22(29)24-12-11-23-21(28)30-13-18-16-7-3-1-5-14(16)15-6-2-4-8-17(15)18/h1-10,18,26-27H,11-13H2,(H,23,28)(H,24,29). The lowest BCUT2D eigenvalue weighted by molar-refractivity contribution is 0.108. The molecule has 0 saturated heterocycles. The Morgan fingerprint density at radius 2 is 1.32 bits per heavy atom. The van der Waals surface area contributed by atoms with E-state index < -0.39 is 23.9 Å². The van der Waals surface area contributed by atoms with Gasteiger partial charge in [0.1, 0.15) is 6.61 Å². The highest BCUT2D eigenvalue weighted by Gasteiger charge is 2.28. The van der Waals surface area contributed by atoms with Crippen LogP contribution in [-0.2, 0) is 4.74 Å². The van der Waals surface area contributed by atoms with Crippen LogP contribution in [-0.4, -0.2) is 46.8 Å². The third-order valence-electron chi connectivity index (χ3n) is 4.98. The average molecular weight is 423 g/mol. The second-order valence-electron chi connectivity index (χ2n) is 6.90. The van der Waals surface area contributed by atoms with Gasteiger partial charge in [-0.25, -0.2) is 9.59 Å². The Hall–Kier alpha value is -4.14. The van der Waals surface area contributed by atoms with Gasteiger partial charge in [0, 0.05) is 31.1 Å². The highest BCUT2D eigenvalue weighted by molar-refractivity contribution is 5.79. The zero-order chi connectivity index (χ0) is 21.8. The molecule has 9 heteroatoms. The van der Waals surface area contributed by atoms with Gasteiger partial charge in [-0.15, -0.1) is 4.73 Å². The number of aromatic nitrogens is 1. The van der Waals surface area contributed by atoms with Crippen molar-refractivity contribution < 1.29 is 29.4 Å². The largest absolute Gasteiger partial charge is 0.492 e. The third kappa shape index (κ3) is 4.25. The summed E-state index contributed by atoms with van der Waals surface area (Å²) in [7, 11) is 0. The molecule has 0 fully saturated rings. The number of ether oxygens (including phenoxy) is 1. The van der Waals surface area contributed by atoms with Crippen LogP contribution in [0.3, 0.4) is 0 Å². The fourth-order valence-corrected chi connectivity index (χ4v) is 3.59. The lowest BCUT2D eigenvalue weighted by atomic mass is 9.98. The fourth-order valence-electron chi connectivity index (χ4n) is 3.59. The summed E-state index contributed by atoms with van der Waals surface area (Å²) >= 11 is 0. The van der Waals surface area contributed by atoms with E-state index in [0.717, 1.165) is 22.3 Å². The molecule has 2 aromatic carbocycles. The van der Waals surface area contributed by atoms with Crippen LogP contribution in [0, 0.1) is 0 Å². The van der Waals surface area contributed by atoms with E-state index in [1.165, 1.54) is 12.1 Å². The number of hydrogen-bond acceptors (Lipinski definition) is 6. The second kappa shape index (κ2) is 8.70. The molecule has 2 amide bonds. The molecule has 0 spiro atoms. The van der Waals surface area contributed by atoms with E-state index in [1.807, 2.05) is 36.4 Å². The van der Waals surface area contributed by atoms with E-state index in [9.17, 15) is 19.8 Å². The molecule has 1 aliphatic rings. The molecule has 0 aliphatic heterocycles. The number of hydrogen-bond donors (Lipinski definition) is 4. The predicted octanol–water partition coefficient (Wildman–Crippen LogP) is 2.58. The summed E-state index contributed by atoms with van der Waals surface area (Å²) in [6.45, 7) is 0.364. The van der Waals surface area contributed by atoms with Crippen LogP contribution in [0.5, 0.6) is 11.8 Å². The molecule has 0 bridgehead atoms. The van der Waals surface area contributed by atoms with Crippen LogP contribution in [0.15, 0.2) is 60.7 Å². The maximum atomic E-state index is 12.1. The molecule has 0 unspecified atom stereocenters. The quantitative estimate of drug-likeness (QED) is 0.452. The van der Waals surface area contributed by atoms with Crippen molar-refractivity contribution in [2.75, 3.05) is 19.7 Å². The molecule has 1 aromatic heterocycles. The first-order chi connectivity index (χ1) is 15.0. The second-order valence-corrected chi connectivity index (χ2v) is 6.90. The molecule has 0 radical (unpaired) electrons. The average Bonchev–Trinajstić information content (AvgIpc) is 3.27. The van der Waals surface area contributed by atoms with Gasteiger partial charge in [-0.3, -0.25) is 0 Å². The number of rotatable bonds is 6. The molecule has 0 atom stereocenters. The molecule has 4 rings (SSSR count). The van der Waals surface area contributed by atoms with Crippen molar-refractivity contribution in [3.63, 3.8) is 0 Å². The Labute approximate surface area is 177 Å². The van der Waals surface area contributed by atoms with Crippen LogP contribution >= 0.6 is 0 Å². The molecule has 160 valence electrons. The Balaban J connectivity index is 1.23. The molecule has 9 nitrogen and oxygen atoms in total. The zero-order valence-electron chi connectivity index (χ0n) is 16.4. The highest BCUT2D eigenvalue weighted by Crippen LogP contribution is 2.44. The van der Waals surface area contributed by atoms with Gasteiger partial charge in [0.25, 0.3) is 0 Å². The number of amides is 2. The lowest BCUT2D eigenvalue weighted by Crippen LogP contribution is -2.38. The van der Waals surface area contributed by atoms with Gasteiger partial charge in [-0.1, -0.05) is 48.5 Å². The van der Waals surface area contributed by atoms with Crippen molar-refractivity contribution in [2.45, 2.75) is 5.92 Å². The molecule has 31 heavy (non-hydrogen) atoms. The van der Waals surface area contributed by atoms with E-state index in [1.54, 1.807) is 0 Å². The normalized spacial score (nSPS) is 12.0. The highest BCUT2D eigenvalue weighted by atomic mass is 16.7. The molecule has 1 heterocycles. The number of aromatic hydroxyl groups is 2. The summed E-state index contributed by atoms with van der Waals surface area (Å²) in [6.07, 6.45) is -1.51. The van der Waals surface area contributed by atoms with E-state index >= 15 is 0 Å². The van der Waals surface area contributed by atoms with Gasteiger partial charge < -0.3 is 30.4 Å². The molecular formula is C22H21N3O6. The van der Waals surface area contributed by atoms with Crippen LogP contribution < -0.4 is 15.5 Å². The number of carbonyl (C=O) groups is 2. The van der Waals surface area contributed by atoms with Gasteiger partial charge in [0.2, 0.25) is 11.8 Å². The van der Waals surface area contributed by atoms with Gasteiger partial charge >= 0.3 is 12.2 Å². The number of nitrogens with one attached hydrogen (secondary N) is 2. The molecule has 4 N–H and O–H groups in total. The molecule has 0 saturated carbocycles. The van der Waals surface area contributed by atoms with Gasteiger partial charge in [0.05, 0.1) is 0 Å². The Morgan fingerprint density at radius 1 is 0.806 bits per heavy atom. The van der Waals surface area contributed by atoms with Crippen molar-refractivity contribution in [3.05, 3.63) is 71.8 Å². The number of alkyl carbamates (subject to hydrolysis) is 1. The van der Waals surface area contributed by atoms with E-state index in [0.29, 0.717) is 4.73 Å². The first-order valence-corrected chi connectivity index (χ1v) is 9.69. The lowest BCUT2D eigenvalue weighted by Gasteiger charge is -2.14. The van der Waals surface area contributed by atoms with E-state index in [4.69, 9.17) is 9.57 Å². The van der Waals surface area contributed by atoms with Crippen LogP contribution in [0.2, 0.25) is 0 Å². The van der Waals surface area contributed by atoms with Crippen LogP contribution in [0.4, 0.5) is 9.59 Å². The Morgan fingerprint density at radius 3 is 1.90 bits per heavy atom.